The third-order valence-corrected chi connectivity index (χ3v) is 9.28. The predicted octanol–water partition coefficient (Wildman–Crippen LogP) is 3.37. The minimum absolute atomic E-state index is 0.105. The number of carbonyl (C=O) groups is 1. The number of nitrogen functional groups attached to an aromatic ring is 1. The van der Waals surface area contributed by atoms with Crippen LogP contribution in [0, 0.1) is 0 Å². The molecular formula is C31H33N6O9P. The highest BCUT2D eigenvalue weighted by Gasteiger charge is 2.54. The molecule has 16 heteroatoms. The van der Waals surface area contributed by atoms with Crippen molar-refractivity contribution in [1.29, 1.82) is 0 Å². The number of methoxy groups -OCH3 is 1. The Labute approximate surface area is 268 Å². The van der Waals surface area contributed by atoms with Crippen LogP contribution in [0.1, 0.15) is 20.1 Å². The Bertz CT molecular complexity index is 1950. The Kier molecular flexibility index (Phi) is 8.85. The number of benzene rings is 3. The van der Waals surface area contributed by atoms with Gasteiger partial charge in [-0.25, -0.2) is 14.3 Å². The third-order valence-electron chi connectivity index (χ3n) is 7.65. The van der Waals surface area contributed by atoms with Crippen molar-refractivity contribution in [1.82, 2.24) is 24.6 Å². The molecule has 47 heavy (non-hydrogen) atoms. The molecule has 5 N–H and O–H groups in total. The summed E-state index contributed by atoms with van der Waals surface area (Å²) in [6.45, 7) is 2.28. The van der Waals surface area contributed by atoms with Crippen molar-refractivity contribution < 1.29 is 42.8 Å². The topological polar surface area (TPSA) is 202 Å². The molecule has 15 nitrogen and oxygen atoms in total. The summed E-state index contributed by atoms with van der Waals surface area (Å²) in [4.78, 5) is 25.4. The third kappa shape index (κ3) is 6.49. The molecule has 3 aromatic carbocycles. The lowest BCUT2D eigenvalue weighted by Crippen LogP contribution is -2.44. The summed E-state index contributed by atoms with van der Waals surface area (Å²) in [5, 5.41) is 26.7. The maximum absolute atomic E-state index is 14.4. The molecule has 2 aromatic heterocycles. The number of aliphatic hydroxyl groups excluding tert-OH is 1. The molecule has 1 unspecified atom stereocenters. The number of aromatic nitrogens is 4. The number of rotatable bonds is 11. The van der Waals surface area contributed by atoms with Crippen LogP contribution >= 0.6 is 7.75 Å². The first-order chi connectivity index (χ1) is 22.5. The second-order valence-electron chi connectivity index (χ2n) is 11.1. The molecule has 0 saturated carbocycles. The Balaban J connectivity index is 1.26. The number of hydrogen-bond acceptors (Lipinski definition) is 13. The maximum Gasteiger partial charge on any atom is 0.459 e. The van der Waals surface area contributed by atoms with Gasteiger partial charge in [0.05, 0.1) is 20.0 Å². The zero-order chi connectivity index (χ0) is 33.3. The van der Waals surface area contributed by atoms with E-state index in [1.807, 2.05) is 18.2 Å². The van der Waals surface area contributed by atoms with Gasteiger partial charge in [-0.2, -0.15) is 15.1 Å². The summed E-state index contributed by atoms with van der Waals surface area (Å²) in [5.74, 6) is -0.223. The van der Waals surface area contributed by atoms with Crippen LogP contribution in [0.3, 0.4) is 0 Å². The number of fused-ring (bicyclic) bond motifs is 2. The van der Waals surface area contributed by atoms with Crippen molar-refractivity contribution in [2.75, 3.05) is 19.5 Å². The van der Waals surface area contributed by atoms with Crippen LogP contribution < -0.4 is 24.8 Å². The number of nitrogens with zero attached hydrogens (tertiary/aromatic N) is 4. The van der Waals surface area contributed by atoms with Gasteiger partial charge in [0.1, 0.15) is 35.3 Å². The van der Waals surface area contributed by atoms with E-state index in [1.54, 1.807) is 54.6 Å². The fraction of sp³-hybridized carbons (Fsp3) is 0.290. The van der Waals surface area contributed by atoms with E-state index in [9.17, 15) is 19.6 Å². The fourth-order valence-electron chi connectivity index (χ4n) is 5.25. The molecule has 1 aliphatic heterocycles. The van der Waals surface area contributed by atoms with E-state index in [-0.39, 0.29) is 28.7 Å². The molecule has 0 bridgehead atoms. The standard InChI is InChI=1S/C31H33N6O9P/c1-18(28(39)44-20-12-5-4-6-13-20)36-47(41,46-22-15-9-11-19-10-7-8-14-21(19)22)43-16-23-25(38)31(2,40)29(45-23)37-17-33-24-26(37)34-30(32)35-27(24)42-3/h4-15,17-18,23,25,29,38,40H,16H2,1-3H3,(H,36,41)(H2,32,34,35)/t18-,23-,25-,29-,31-,47?/m1/s1. The Morgan fingerprint density at radius 2 is 1.85 bits per heavy atom. The number of ether oxygens (including phenoxy) is 3. The largest absolute Gasteiger partial charge is 0.479 e. The van der Waals surface area contributed by atoms with E-state index in [0.29, 0.717) is 11.1 Å². The van der Waals surface area contributed by atoms with Crippen LogP contribution in [-0.2, 0) is 18.6 Å². The van der Waals surface area contributed by atoms with Crippen LogP contribution in [0.5, 0.6) is 17.4 Å². The van der Waals surface area contributed by atoms with Crippen LogP contribution in [0.15, 0.2) is 79.1 Å². The molecule has 0 amide bonds. The van der Waals surface area contributed by atoms with Crippen molar-refractivity contribution in [3.8, 4) is 17.4 Å². The number of esters is 1. The highest BCUT2D eigenvalue weighted by Crippen LogP contribution is 2.48. The summed E-state index contributed by atoms with van der Waals surface area (Å²) < 4.78 is 44.3. The molecule has 0 aliphatic carbocycles. The van der Waals surface area contributed by atoms with Crippen molar-refractivity contribution in [3.63, 3.8) is 0 Å². The van der Waals surface area contributed by atoms with Gasteiger partial charge < -0.3 is 34.7 Å². The summed E-state index contributed by atoms with van der Waals surface area (Å²) in [6, 6.07) is 19.7. The molecule has 6 atom stereocenters. The smallest absolute Gasteiger partial charge is 0.459 e. The molecule has 1 saturated heterocycles. The van der Waals surface area contributed by atoms with Gasteiger partial charge in [0, 0.05) is 5.39 Å². The van der Waals surface area contributed by atoms with E-state index >= 15 is 0 Å². The van der Waals surface area contributed by atoms with Gasteiger partial charge in [0.2, 0.25) is 11.8 Å². The zero-order valence-corrected chi connectivity index (χ0v) is 26.5. The van der Waals surface area contributed by atoms with Crippen molar-refractivity contribution >= 4 is 41.6 Å². The van der Waals surface area contributed by atoms with Crippen LogP contribution in [0.25, 0.3) is 21.9 Å². The van der Waals surface area contributed by atoms with Crippen molar-refractivity contribution in [2.24, 2.45) is 0 Å². The Morgan fingerprint density at radius 3 is 2.62 bits per heavy atom. The molecule has 3 heterocycles. The second kappa shape index (κ2) is 12.9. The van der Waals surface area contributed by atoms with Crippen molar-refractivity contribution in [2.45, 2.75) is 43.9 Å². The first kappa shape index (κ1) is 32.3. The lowest BCUT2D eigenvalue weighted by molar-refractivity contribution is -0.136. The summed E-state index contributed by atoms with van der Waals surface area (Å²) in [7, 11) is -3.02. The minimum atomic E-state index is -4.41. The van der Waals surface area contributed by atoms with Gasteiger partial charge in [-0.1, -0.05) is 54.6 Å². The summed E-state index contributed by atoms with van der Waals surface area (Å²) >= 11 is 0. The highest BCUT2D eigenvalue weighted by atomic mass is 31.2. The Hall–Kier alpha value is -4.63. The van der Waals surface area contributed by atoms with Gasteiger partial charge in [-0.3, -0.25) is 9.09 Å². The number of hydrogen-bond donors (Lipinski definition) is 4. The van der Waals surface area contributed by atoms with E-state index in [1.165, 1.54) is 31.9 Å². The van der Waals surface area contributed by atoms with Crippen LogP contribution in [0.4, 0.5) is 5.95 Å². The molecule has 0 spiro atoms. The van der Waals surface area contributed by atoms with Gasteiger partial charge >= 0.3 is 13.7 Å². The Morgan fingerprint density at radius 1 is 1.13 bits per heavy atom. The van der Waals surface area contributed by atoms with Crippen LogP contribution in [0.2, 0.25) is 0 Å². The number of anilines is 1. The average Bonchev–Trinajstić information content (AvgIpc) is 3.57. The van der Waals surface area contributed by atoms with Gasteiger partial charge in [0.15, 0.2) is 17.4 Å². The summed E-state index contributed by atoms with van der Waals surface area (Å²) in [6.07, 6.45) is -2.67. The quantitative estimate of drug-likeness (QED) is 0.0909. The highest BCUT2D eigenvalue weighted by molar-refractivity contribution is 7.52. The van der Waals surface area contributed by atoms with E-state index in [0.717, 1.165) is 5.39 Å². The van der Waals surface area contributed by atoms with E-state index in [4.69, 9.17) is 29.0 Å². The number of para-hydroxylation sites is 1. The summed E-state index contributed by atoms with van der Waals surface area (Å²) in [5.41, 5.74) is 4.38. The number of carbonyl (C=O) groups excluding carboxylic acids is 1. The molecule has 6 rings (SSSR count). The van der Waals surface area contributed by atoms with Crippen molar-refractivity contribution in [3.05, 3.63) is 79.1 Å². The monoisotopic (exact) mass is 664 g/mol. The average molecular weight is 665 g/mol. The fourth-order valence-corrected chi connectivity index (χ4v) is 6.77. The normalized spacial score (nSPS) is 23.0. The maximum atomic E-state index is 14.4. The van der Waals surface area contributed by atoms with Gasteiger partial charge in [0.25, 0.3) is 0 Å². The molecule has 1 fully saturated rings. The lowest BCUT2D eigenvalue weighted by Gasteiger charge is -2.27. The minimum Gasteiger partial charge on any atom is -0.479 e. The zero-order valence-electron chi connectivity index (χ0n) is 25.6. The second-order valence-corrected chi connectivity index (χ2v) is 12.8. The van der Waals surface area contributed by atoms with Crippen LogP contribution in [-0.4, -0.2) is 73.3 Å². The van der Waals surface area contributed by atoms with Gasteiger partial charge in [-0.15, -0.1) is 0 Å². The van der Waals surface area contributed by atoms with E-state index < -0.39 is 50.4 Å². The number of nitrogens with one attached hydrogen (secondary N) is 1. The molecular weight excluding hydrogens is 631 g/mol. The first-order valence-electron chi connectivity index (χ1n) is 14.6. The SMILES string of the molecule is COc1nc(N)nc2c1ncn2[C@@H]1O[C@H](COP(=O)(N[C@H](C)C(=O)Oc2ccccc2)Oc2cccc3ccccc23)[C@@H](O)[C@@]1(C)O. The predicted molar refractivity (Wildman–Crippen MR) is 170 cm³/mol. The lowest BCUT2D eigenvalue weighted by atomic mass is 9.96. The van der Waals surface area contributed by atoms with E-state index in [2.05, 4.69) is 20.0 Å². The molecule has 246 valence electrons. The molecule has 5 aromatic rings. The number of nitrogens with two attached hydrogens (primary N) is 1. The van der Waals surface area contributed by atoms with Gasteiger partial charge in [-0.05, 0) is 37.4 Å². The molecule has 0 radical (unpaired) electrons. The number of aliphatic hydroxyl groups is 2. The first-order valence-corrected chi connectivity index (χ1v) is 16.1. The molecule has 1 aliphatic rings. The number of imidazole rings is 1.